The number of carbonyl (C=O) groups is 4. The molecule has 2 aromatic carbocycles. The van der Waals surface area contributed by atoms with Crippen LogP contribution in [-0.2, 0) is 19.2 Å². The Morgan fingerprint density at radius 1 is 0.891 bits per heavy atom. The molecule has 6 rings (SSSR count). The van der Waals surface area contributed by atoms with E-state index in [9.17, 15) is 37.5 Å². The Morgan fingerprint density at radius 3 is 2.04 bits per heavy atom. The van der Waals surface area contributed by atoms with Gasteiger partial charge in [0.15, 0.2) is 44.5 Å². The molecule has 0 unspecified atom stereocenters. The average Bonchev–Trinajstić information content (AvgIpc) is 3.34. The van der Waals surface area contributed by atoms with Crippen LogP contribution in [0.25, 0.3) is 0 Å². The van der Waals surface area contributed by atoms with E-state index in [4.69, 9.17) is 27.9 Å². The molecule has 2 aromatic rings. The molecule has 0 aromatic heterocycles. The van der Waals surface area contributed by atoms with Gasteiger partial charge in [0, 0.05) is 17.0 Å². The zero-order valence-corrected chi connectivity index (χ0v) is 26.1. The maximum atomic E-state index is 15.1. The molecule has 3 fully saturated rings. The maximum absolute atomic E-state index is 15.1. The minimum atomic E-state index is -2.75. The Kier molecular flexibility index (Phi) is 7.11. The molecule has 2 saturated heterocycles. The fourth-order valence-electron chi connectivity index (χ4n) is 7.51. The summed E-state index contributed by atoms with van der Waals surface area (Å²) < 4.78 is 78.1. The van der Waals surface area contributed by atoms with E-state index in [0.29, 0.717) is 0 Å². The first-order valence-electron chi connectivity index (χ1n) is 14.1. The Bertz CT molecular complexity index is 1780. The second kappa shape index (κ2) is 10.1. The van der Waals surface area contributed by atoms with Gasteiger partial charge in [-0.15, -0.1) is 23.2 Å². The lowest BCUT2D eigenvalue weighted by molar-refractivity contribution is -0.145. The van der Waals surface area contributed by atoms with Crippen LogP contribution in [-0.4, -0.2) is 56.0 Å². The fourth-order valence-corrected chi connectivity index (χ4v) is 8.44. The Balaban J connectivity index is 1.62. The number of hydrogen-bond acceptors (Lipinski definition) is 6. The number of alkyl halides is 2. The molecule has 46 heavy (non-hydrogen) atoms. The Hall–Kier alpha value is -3.71. The van der Waals surface area contributed by atoms with Crippen LogP contribution in [0.15, 0.2) is 29.8 Å². The van der Waals surface area contributed by atoms with E-state index in [-0.39, 0.29) is 28.2 Å². The molecule has 4 amide bonds. The predicted molar refractivity (Wildman–Crippen MR) is 153 cm³/mol. The number of benzene rings is 2. The van der Waals surface area contributed by atoms with Gasteiger partial charge in [0.05, 0.1) is 18.9 Å². The highest BCUT2D eigenvalue weighted by Crippen LogP contribution is 2.67. The first-order chi connectivity index (χ1) is 21.4. The van der Waals surface area contributed by atoms with E-state index < -0.39 is 110 Å². The van der Waals surface area contributed by atoms with Crippen molar-refractivity contribution < 1.29 is 51.0 Å². The largest absolute Gasteiger partial charge is 0.504 e. The third-order valence-electron chi connectivity index (χ3n) is 9.45. The molecule has 1 N–H and O–H groups in total. The highest BCUT2D eigenvalue weighted by molar-refractivity contribution is 6.58. The summed E-state index contributed by atoms with van der Waals surface area (Å²) in [5, 5.41) is 11.3. The minimum Gasteiger partial charge on any atom is -0.504 e. The molecule has 4 aliphatic rings. The second-order valence-electron chi connectivity index (χ2n) is 12.8. The number of allylic oxidation sites excluding steroid dienone is 2. The second-order valence-corrected chi connectivity index (χ2v) is 14.0. The summed E-state index contributed by atoms with van der Waals surface area (Å²) in [7, 11) is 1.23. The molecular formula is C31H25Cl2F5N2O6. The van der Waals surface area contributed by atoms with Crippen LogP contribution in [0.5, 0.6) is 11.5 Å². The number of imide groups is 2. The highest BCUT2D eigenvalue weighted by atomic mass is 35.5. The van der Waals surface area contributed by atoms with Crippen molar-refractivity contribution in [2.45, 2.75) is 54.8 Å². The Labute approximate surface area is 268 Å². The molecule has 2 aliphatic heterocycles. The molecule has 1 saturated carbocycles. The van der Waals surface area contributed by atoms with E-state index >= 15 is 8.78 Å². The minimum absolute atomic E-state index is 0.0133. The van der Waals surface area contributed by atoms with Gasteiger partial charge in [0.2, 0.25) is 17.6 Å². The van der Waals surface area contributed by atoms with Crippen molar-refractivity contribution in [3.05, 3.63) is 64.5 Å². The number of carbonyl (C=O) groups excluding carboxylic acids is 4. The monoisotopic (exact) mass is 686 g/mol. The smallest absolute Gasteiger partial charge is 0.258 e. The van der Waals surface area contributed by atoms with Crippen LogP contribution in [0.3, 0.4) is 0 Å². The molecular weight excluding hydrogens is 662 g/mol. The number of hydrogen-bond donors (Lipinski definition) is 1. The van der Waals surface area contributed by atoms with Crippen LogP contribution < -0.4 is 9.64 Å². The van der Waals surface area contributed by atoms with Crippen molar-refractivity contribution in [2.75, 3.05) is 12.0 Å². The SMILES string of the molecule is COc1cccc([C@H]2C3=CC[C@@H]4C(=O)N(C(C)(C)C)C(=O)[C@@H]4[C@@H]3C[C@@]3(Cl)C(=O)N(c4c(F)c(F)c(F)c(F)c4F)C(=O)[C@@]23Cl)c1O. The van der Waals surface area contributed by atoms with Gasteiger partial charge in [-0.2, -0.15) is 0 Å². The van der Waals surface area contributed by atoms with Gasteiger partial charge in [0.1, 0.15) is 5.69 Å². The van der Waals surface area contributed by atoms with Crippen LogP contribution in [0.2, 0.25) is 0 Å². The number of fused-ring (bicyclic) bond motifs is 4. The van der Waals surface area contributed by atoms with Crippen molar-refractivity contribution in [3.63, 3.8) is 0 Å². The van der Waals surface area contributed by atoms with Crippen molar-refractivity contribution in [1.29, 1.82) is 0 Å². The third-order valence-corrected chi connectivity index (χ3v) is 10.9. The number of halogens is 7. The standard InChI is InChI=1S/C31H25Cl2F5N2O6/c1-29(2,3)40-25(42)12-9-8-11-14(16(12)26(40)43)10-30(32)27(44)39(23-21(37)19(35)18(34)20(36)22(23)38)28(45)31(30,33)17(11)13-6-5-7-15(46-4)24(13)41/h5-8,12,14,16-17,41H,9-10H2,1-4H3/t12-,14+,16-,17+,30+,31-/m0/s1. The molecule has 2 aliphatic carbocycles. The number of para-hydroxylation sites is 1. The van der Waals surface area contributed by atoms with Gasteiger partial charge < -0.3 is 9.84 Å². The van der Waals surface area contributed by atoms with Crippen LogP contribution in [0, 0.1) is 46.8 Å². The lowest BCUT2D eigenvalue weighted by Gasteiger charge is -2.50. The zero-order valence-electron chi connectivity index (χ0n) is 24.6. The topological polar surface area (TPSA) is 104 Å². The lowest BCUT2D eigenvalue weighted by Crippen LogP contribution is -2.60. The number of nitrogens with zero attached hydrogens (tertiary/aromatic N) is 2. The number of ether oxygens (including phenoxy) is 1. The molecule has 6 atom stereocenters. The first-order valence-corrected chi connectivity index (χ1v) is 14.8. The Morgan fingerprint density at radius 2 is 1.48 bits per heavy atom. The quantitative estimate of drug-likeness (QED) is 0.115. The number of rotatable bonds is 3. The highest BCUT2D eigenvalue weighted by Gasteiger charge is 2.77. The normalized spacial score (nSPS) is 30.8. The summed E-state index contributed by atoms with van der Waals surface area (Å²) >= 11 is 14.1. The molecule has 8 nitrogen and oxygen atoms in total. The fraction of sp³-hybridized carbons (Fsp3) is 0.419. The van der Waals surface area contributed by atoms with E-state index in [0.717, 1.165) is 4.90 Å². The first kappa shape index (κ1) is 32.2. The number of aromatic hydroxyl groups is 1. The molecule has 0 spiro atoms. The van der Waals surface area contributed by atoms with Gasteiger partial charge >= 0.3 is 0 Å². The van der Waals surface area contributed by atoms with Gasteiger partial charge in [-0.05, 0) is 45.6 Å². The molecule has 0 bridgehead atoms. The van der Waals surface area contributed by atoms with Gasteiger partial charge in [-0.3, -0.25) is 24.1 Å². The van der Waals surface area contributed by atoms with Crippen LogP contribution in [0.1, 0.15) is 45.1 Å². The maximum Gasteiger partial charge on any atom is 0.258 e. The van der Waals surface area contributed by atoms with Crippen molar-refractivity contribution >= 4 is 52.5 Å². The summed E-state index contributed by atoms with van der Waals surface area (Å²) in [6.45, 7) is 4.96. The summed E-state index contributed by atoms with van der Waals surface area (Å²) in [6.07, 6.45) is 0.895. The van der Waals surface area contributed by atoms with E-state index in [1.54, 1.807) is 26.8 Å². The number of anilines is 1. The average molecular weight is 687 g/mol. The van der Waals surface area contributed by atoms with Crippen LogP contribution >= 0.6 is 23.2 Å². The van der Waals surface area contributed by atoms with Gasteiger partial charge in [0.25, 0.3) is 11.8 Å². The summed E-state index contributed by atoms with van der Waals surface area (Å²) in [6, 6.07) is 4.10. The van der Waals surface area contributed by atoms with Crippen LogP contribution in [0.4, 0.5) is 27.6 Å². The van der Waals surface area contributed by atoms with E-state index in [2.05, 4.69) is 0 Å². The number of likely N-dealkylation sites (tertiary alicyclic amines) is 1. The van der Waals surface area contributed by atoms with Gasteiger partial charge in [-0.25, -0.2) is 26.9 Å². The number of phenols is 1. The molecule has 0 radical (unpaired) electrons. The van der Waals surface area contributed by atoms with Gasteiger partial charge in [-0.1, -0.05) is 23.8 Å². The zero-order chi connectivity index (χ0) is 34.0. The van der Waals surface area contributed by atoms with Crippen molar-refractivity contribution in [2.24, 2.45) is 17.8 Å². The predicted octanol–water partition coefficient (Wildman–Crippen LogP) is 5.46. The molecule has 244 valence electrons. The van der Waals surface area contributed by atoms with Crippen molar-refractivity contribution in [3.8, 4) is 11.5 Å². The number of methoxy groups -OCH3 is 1. The van der Waals surface area contributed by atoms with E-state index in [1.807, 2.05) is 0 Å². The van der Waals surface area contributed by atoms with E-state index in [1.165, 1.54) is 25.3 Å². The number of phenolic OH excluding ortho intramolecular Hbond substituents is 1. The lowest BCUT2D eigenvalue weighted by atomic mass is 9.56. The van der Waals surface area contributed by atoms with Crippen molar-refractivity contribution in [1.82, 2.24) is 4.90 Å². The summed E-state index contributed by atoms with van der Waals surface area (Å²) in [4.78, 5) is 51.3. The molecule has 15 heteroatoms. The molecule has 2 heterocycles. The summed E-state index contributed by atoms with van der Waals surface area (Å²) in [5.74, 6) is -22.0. The number of amides is 4. The summed E-state index contributed by atoms with van der Waals surface area (Å²) in [5.41, 5.74) is -2.75. The third kappa shape index (κ3) is 3.84.